The van der Waals surface area contributed by atoms with E-state index in [9.17, 15) is 10.1 Å². The van der Waals surface area contributed by atoms with Gasteiger partial charge in [0.05, 0.1) is 4.92 Å². The molecule has 0 heterocycles. The van der Waals surface area contributed by atoms with Gasteiger partial charge >= 0.3 is 0 Å². The minimum atomic E-state index is -0.386. The maximum absolute atomic E-state index is 10.5. The number of unbranched alkanes of at least 4 members (excludes halogenated alkanes) is 1. The number of benzene rings is 1. The minimum Gasteiger partial charge on any atom is -0.384 e. The molecule has 0 saturated carbocycles. The highest BCUT2D eigenvalue weighted by Crippen LogP contribution is 2.14. The van der Waals surface area contributed by atoms with Crippen LogP contribution in [0.2, 0.25) is 0 Å². The molecule has 0 fully saturated rings. The van der Waals surface area contributed by atoms with Crippen LogP contribution in [-0.2, 0) is 0 Å². The van der Waals surface area contributed by atoms with Crippen LogP contribution in [0, 0.1) is 16.0 Å². The largest absolute Gasteiger partial charge is 0.384 e. The van der Waals surface area contributed by atoms with Gasteiger partial charge in [-0.25, -0.2) is 0 Å². The molecule has 1 rings (SSSR count). The Balaban J connectivity index is 2.05. The fourth-order valence-electron chi connectivity index (χ4n) is 1.92. The van der Waals surface area contributed by atoms with Crippen LogP contribution in [0.3, 0.4) is 0 Å². The molecule has 5 heteroatoms. The molecule has 0 aliphatic heterocycles. The number of hydrogen-bond acceptors (Lipinski definition) is 4. The molecule has 0 aromatic heterocycles. The number of anilines is 1. The van der Waals surface area contributed by atoms with Crippen LogP contribution >= 0.6 is 0 Å². The van der Waals surface area contributed by atoms with Gasteiger partial charge in [0.15, 0.2) is 0 Å². The predicted octanol–water partition coefficient (Wildman–Crippen LogP) is 3.42. The summed E-state index contributed by atoms with van der Waals surface area (Å²) < 4.78 is 0. The molecule has 0 bridgehead atoms. The van der Waals surface area contributed by atoms with Gasteiger partial charge in [0.2, 0.25) is 0 Å². The summed E-state index contributed by atoms with van der Waals surface area (Å²) in [5, 5.41) is 17.1. The summed E-state index contributed by atoms with van der Waals surface area (Å²) in [7, 11) is 0. The molecule has 1 aromatic carbocycles. The normalized spacial score (nSPS) is 10.8. The summed E-state index contributed by atoms with van der Waals surface area (Å²) >= 11 is 0. The van der Waals surface area contributed by atoms with Crippen molar-refractivity contribution in [2.24, 2.45) is 5.92 Å². The Hall–Kier alpha value is -1.62. The third kappa shape index (κ3) is 7.09. The molecule has 0 spiro atoms. The highest BCUT2D eigenvalue weighted by Gasteiger charge is 2.02. The minimum absolute atomic E-state index is 0.124. The number of nitro groups is 1. The van der Waals surface area contributed by atoms with Crippen molar-refractivity contribution in [2.75, 3.05) is 25.0 Å². The van der Waals surface area contributed by atoms with E-state index in [4.69, 9.17) is 0 Å². The van der Waals surface area contributed by atoms with E-state index in [1.54, 1.807) is 12.1 Å². The van der Waals surface area contributed by atoms with E-state index < -0.39 is 0 Å². The molecule has 112 valence electrons. The van der Waals surface area contributed by atoms with Gasteiger partial charge in [0, 0.05) is 30.9 Å². The topological polar surface area (TPSA) is 67.2 Å². The second-order valence-electron chi connectivity index (χ2n) is 5.37. The average Bonchev–Trinajstić information content (AvgIpc) is 2.42. The van der Waals surface area contributed by atoms with Gasteiger partial charge < -0.3 is 10.6 Å². The second-order valence-corrected chi connectivity index (χ2v) is 5.37. The summed E-state index contributed by atoms with van der Waals surface area (Å²) in [6.07, 6.45) is 3.79. The van der Waals surface area contributed by atoms with Crippen molar-refractivity contribution in [2.45, 2.75) is 33.1 Å². The highest BCUT2D eigenvalue weighted by molar-refractivity contribution is 5.48. The molecule has 0 unspecified atom stereocenters. The molecular weight excluding hydrogens is 254 g/mol. The SMILES string of the molecule is CC(C)CCCCNCCNc1ccc([N+](=O)[O-])cc1. The first kappa shape index (κ1) is 16.4. The number of nitrogens with one attached hydrogen (secondary N) is 2. The van der Waals surface area contributed by atoms with Crippen LogP contribution in [0.1, 0.15) is 33.1 Å². The lowest BCUT2D eigenvalue weighted by Gasteiger charge is -2.08. The Morgan fingerprint density at radius 2 is 1.80 bits per heavy atom. The lowest BCUT2D eigenvalue weighted by atomic mass is 10.1. The standard InChI is InChI=1S/C15H25N3O2/c1-13(2)5-3-4-10-16-11-12-17-14-6-8-15(9-7-14)18(19)20/h6-9,13,16-17H,3-5,10-12H2,1-2H3. The fraction of sp³-hybridized carbons (Fsp3) is 0.600. The van der Waals surface area contributed by atoms with E-state index in [-0.39, 0.29) is 10.6 Å². The lowest BCUT2D eigenvalue weighted by Crippen LogP contribution is -2.23. The summed E-state index contributed by atoms with van der Waals surface area (Å²) in [6, 6.07) is 6.50. The molecule has 0 saturated heterocycles. The van der Waals surface area contributed by atoms with Crippen molar-refractivity contribution in [1.82, 2.24) is 5.32 Å². The number of nitrogens with zero attached hydrogens (tertiary/aromatic N) is 1. The Bertz CT molecular complexity index is 391. The van der Waals surface area contributed by atoms with Crippen molar-refractivity contribution in [3.05, 3.63) is 34.4 Å². The van der Waals surface area contributed by atoms with Crippen LogP contribution in [0.5, 0.6) is 0 Å². The zero-order valence-electron chi connectivity index (χ0n) is 12.4. The molecule has 0 aliphatic carbocycles. The molecule has 0 aliphatic rings. The van der Waals surface area contributed by atoms with Gasteiger partial charge in [0.25, 0.3) is 5.69 Å². The van der Waals surface area contributed by atoms with Crippen molar-refractivity contribution >= 4 is 11.4 Å². The molecule has 0 amide bonds. The fourth-order valence-corrected chi connectivity index (χ4v) is 1.92. The highest BCUT2D eigenvalue weighted by atomic mass is 16.6. The van der Waals surface area contributed by atoms with Crippen LogP contribution in [0.4, 0.5) is 11.4 Å². The average molecular weight is 279 g/mol. The zero-order valence-corrected chi connectivity index (χ0v) is 12.4. The predicted molar refractivity (Wildman–Crippen MR) is 83.1 cm³/mol. The van der Waals surface area contributed by atoms with Gasteiger partial charge in [-0.1, -0.05) is 26.7 Å². The molecule has 5 nitrogen and oxygen atoms in total. The van der Waals surface area contributed by atoms with E-state index >= 15 is 0 Å². The van der Waals surface area contributed by atoms with E-state index in [2.05, 4.69) is 24.5 Å². The maximum Gasteiger partial charge on any atom is 0.269 e. The van der Waals surface area contributed by atoms with Crippen LogP contribution in [0.25, 0.3) is 0 Å². The third-order valence-corrected chi connectivity index (χ3v) is 3.09. The van der Waals surface area contributed by atoms with Crippen molar-refractivity contribution in [1.29, 1.82) is 0 Å². The smallest absolute Gasteiger partial charge is 0.269 e. The Kier molecular flexibility index (Phi) is 7.65. The number of non-ortho nitro benzene ring substituents is 1. The molecule has 1 aromatic rings. The van der Waals surface area contributed by atoms with Crippen LogP contribution in [0.15, 0.2) is 24.3 Å². The van der Waals surface area contributed by atoms with Crippen LogP contribution < -0.4 is 10.6 Å². The van der Waals surface area contributed by atoms with Crippen LogP contribution in [-0.4, -0.2) is 24.6 Å². The van der Waals surface area contributed by atoms with Gasteiger partial charge in [-0.3, -0.25) is 10.1 Å². The van der Waals surface area contributed by atoms with Crippen molar-refractivity contribution < 1.29 is 4.92 Å². The van der Waals surface area contributed by atoms with Gasteiger partial charge in [-0.05, 0) is 31.0 Å². The Labute approximate surface area is 120 Å². The molecular formula is C15H25N3O2. The van der Waals surface area contributed by atoms with Gasteiger partial charge in [-0.2, -0.15) is 0 Å². The number of nitro benzene ring substituents is 1. The Morgan fingerprint density at radius 3 is 2.40 bits per heavy atom. The zero-order chi connectivity index (χ0) is 14.8. The molecule has 0 atom stereocenters. The first-order valence-corrected chi connectivity index (χ1v) is 7.28. The van der Waals surface area contributed by atoms with E-state index in [1.807, 2.05) is 0 Å². The van der Waals surface area contributed by atoms with E-state index in [1.165, 1.54) is 31.4 Å². The van der Waals surface area contributed by atoms with E-state index in [0.717, 1.165) is 31.2 Å². The Morgan fingerprint density at radius 1 is 1.10 bits per heavy atom. The maximum atomic E-state index is 10.5. The molecule has 0 radical (unpaired) electrons. The van der Waals surface area contributed by atoms with Crippen molar-refractivity contribution in [3.63, 3.8) is 0 Å². The first-order chi connectivity index (χ1) is 9.59. The number of rotatable bonds is 10. The summed E-state index contributed by atoms with van der Waals surface area (Å²) in [4.78, 5) is 10.1. The first-order valence-electron chi connectivity index (χ1n) is 7.28. The van der Waals surface area contributed by atoms with E-state index in [0.29, 0.717) is 0 Å². The van der Waals surface area contributed by atoms with Gasteiger partial charge in [-0.15, -0.1) is 0 Å². The summed E-state index contributed by atoms with van der Waals surface area (Å²) in [5.74, 6) is 0.791. The summed E-state index contributed by atoms with van der Waals surface area (Å²) in [5.41, 5.74) is 1.04. The molecule has 2 N–H and O–H groups in total. The monoisotopic (exact) mass is 279 g/mol. The third-order valence-electron chi connectivity index (χ3n) is 3.09. The lowest BCUT2D eigenvalue weighted by molar-refractivity contribution is -0.384. The van der Waals surface area contributed by atoms with Crippen molar-refractivity contribution in [3.8, 4) is 0 Å². The second kappa shape index (κ2) is 9.31. The van der Waals surface area contributed by atoms with Gasteiger partial charge in [0.1, 0.15) is 0 Å². The summed E-state index contributed by atoms with van der Waals surface area (Å²) in [6.45, 7) is 7.28. The number of hydrogen-bond donors (Lipinski definition) is 2. The quantitative estimate of drug-likeness (QED) is 0.391. The molecule has 20 heavy (non-hydrogen) atoms.